The zero-order valence-corrected chi connectivity index (χ0v) is 12.3. The molecule has 1 atom stereocenters. The Morgan fingerprint density at radius 2 is 2.00 bits per heavy atom. The number of aromatic nitrogens is 2. The fourth-order valence-electron chi connectivity index (χ4n) is 1.95. The number of hydrogen-bond acceptors (Lipinski definition) is 4. The molecule has 108 valence electrons. The number of aryl methyl sites for hydroxylation is 1. The summed E-state index contributed by atoms with van der Waals surface area (Å²) in [6.07, 6.45) is 3.39. The van der Waals surface area contributed by atoms with Crippen LogP contribution in [0.15, 0.2) is 18.5 Å². The third-order valence-corrected chi connectivity index (χ3v) is 2.95. The molecule has 0 aliphatic heterocycles. The molecule has 0 radical (unpaired) electrons. The highest BCUT2D eigenvalue weighted by atomic mass is 19.1. The highest BCUT2D eigenvalue weighted by molar-refractivity contribution is 5.89. The smallest absolute Gasteiger partial charge is 0.223 e. The first-order valence-electron chi connectivity index (χ1n) is 6.60. The average Bonchev–Trinajstić information content (AvgIpc) is 2.34. The van der Waals surface area contributed by atoms with E-state index in [2.05, 4.69) is 9.97 Å². The normalized spacial score (nSPS) is 13.5. The quantitative estimate of drug-likeness (QED) is 0.933. The summed E-state index contributed by atoms with van der Waals surface area (Å²) in [6.45, 7) is 6.69. The predicted octanol–water partition coefficient (Wildman–Crippen LogP) is 3.08. The van der Waals surface area contributed by atoms with Crippen molar-refractivity contribution >= 4 is 10.8 Å². The predicted molar refractivity (Wildman–Crippen MR) is 77.6 cm³/mol. The average molecular weight is 277 g/mol. The van der Waals surface area contributed by atoms with Crippen molar-refractivity contribution < 1.29 is 9.13 Å². The fraction of sp³-hybridized carbons (Fsp3) is 0.467. The van der Waals surface area contributed by atoms with Crippen molar-refractivity contribution in [2.75, 3.05) is 6.61 Å². The van der Waals surface area contributed by atoms with Crippen molar-refractivity contribution in [1.29, 1.82) is 0 Å². The number of halogens is 1. The zero-order chi connectivity index (χ0) is 14.9. The summed E-state index contributed by atoms with van der Waals surface area (Å²) >= 11 is 0. The molecule has 2 N–H and O–H groups in total. The minimum atomic E-state index is -1.41. The van der Waals surface area contributed by atoms with Crippen molar-refractivity contribution in [2.45, 2.75) is 39.4 Å². The van der Waals surface area contributed by atoms with Crippen LogP contribution in [0.3, 0.4) is 0 Å². The molecule has 20 heavy (non-hydrogen) atoms. The Morgan fingerprint density at radius 1 is 1.30 bits per heavy atom. The molecule has 0 saturated heterocycles. The number of alkyl halides is 1. The zero-order valence-electron chi connectivity index (χ0n) is 12.3. The van der Waals surface area contributed by atoms with E-state index in [1.807, 2.05) is 19.9 Å². The first kappa shape index (κ1) is 14.7. The molecule has 2 aromatic rings. The molecule has 0 unspecified atom stereocenters. The molecule has 5 heteroatoms. The molecule has 4 nitrogen and oxygen atoms in total. The second kappa shape index (κ2) is 5.32. The van der Waals surface area contributed by atoms with Crippen LogP contribution in [0, 0.1) is 6.92 Å². The Morgan fingerprint density at radius 3 is 2.60 bits per heavy atom. The van der Waals surface area contributed by atoms with E-state index >= 15 is 0 Å². The minimum absolute atomic E-state index is 0.0551. The van der Waals surface area contributed by atoms with Gasteiger partial charge in [0, 0.05) is 24.1 Å². The molecule has 0 aliphatic rings. The van der Waals surface area contributed by atoms with Gasteiger partial charge in [-0.1, -0.05) is 0 Å². The summed E-state index contributed by atoms with van der Waals surface area (Å²) in [7, 11) is 0. The summed E-state index contributed by atoms with van der Waals surface area (Å²) in [6, 6.07) is 1.81. The van der Waals surface area contributed by atoms with E-state index in [9.17, 15) is 4.39 Å². The summed E-state index contributed by atoms with van der Waals surface area (Å²) in [5, 5.41) is 1.71. The molecule has 0 saturated carbocycles. The minimum Gasteiger partial charge on any atom is -0.474 e. The molecule has 0 spiro atoms. The van der Waals surface area contributed by atoms with Gasteiger partial charge in [0.15, 0.2) is 0 Å². The summed E-state index contributed by atoms with van der Waals surface area (Å²) in [5.74, 6) is 0.391. The van der Waals surface area contributed by atoms with Crippen molar-refractivity contribution in [3.05, 3.63) is 29.7 Å². The van der Waals surface area contributed by atoms with Crippen LogP contribution in [0.5, 0.6) is 5.88 Å². The first-order valence-corrected chi connectivity index (χ1v) is 6.60. The lowest BCUT2D eigenvalue weighted by Crippen LogP contribution is -2.23. The fourth-order valence-corrected chi connectivity index (χ4v) is 1.95. The van der Waals surface area contributed by atoms with E-state index in [1.165, 1.54) is 13.8 Å². The maximum atomic E-state index is 13.6. The van der Waals surface area contributed by atoms with Crippen LogP contribution in [-0.2, 0) is 0 Å². The van der Waals surface area contributed by atoms with Crippen LogP contribution in [0.1, 0.15) is 38.1 Å². The Bertz CT molecular complexity index is 620. The van der Waals surface area contributed by atoms with E-state index in [0.29, 0.717) is 5.88 Å². The van der Waals surface area contributed by atoms with Crippen LogP contribution in [0.25, 0.3) is 10.8 Å². The number of pyridine rings is 2. The molecule has 2 heterocycles. The van der Waals surface area contributed by atoms with Crippen molar-refractivity contribution in [1.82, 2.24) is 9.97 Å². The van der Waals surface area contributed by atoms with Gasteiger partial charge in [0.25, 0.3) is 0 Å². The molecule has 0 aliphatic carbocycles. The number of nitrogens with zero attached hydrogens (tertiary/aromatic N) is 2. The third kappa shape index (κ3) is 3.22. The van der Waals surface area contributed by atoms with Gasteiger partial charge < -0.3 is 10.5 Å². The first-order chi connectivity index (χ1) is 9.28. The summed E-state index contributed by atoms with van der Waals surface area (Å²) in [5.41, 5.74) is 6.37. The van der Waals surface area contributed by atoms with Crippen LogP contribution in [-0.4, -0.2) is 22.2 Å². The lowest BCUT2D eigenvalue weighted by molar-refractivity contribution is 0.118. The van der Waals surface area contributed by atoms with Gasteiger partial charge in [-0.15, -0.1) is 0 Å². The topological polar surface area (TPSA) is 61.0 Å². The molecule has 0 fully saturated rings. The van der Waals surface area contributed by atoms with Gasteiger partial charge in [-0.05, 0) is 44.7 Å². The monoisotopic (exact) mass is 277 g/mol. The largest absolute Gasteiger partial charge is 0.474 e. The van der Waals surface area contributed by atoms with Gasteiger partial charge in [-0.3, -0.25) is 4.98 Å². The SMILES string of the molecule is Cc1cc2c([C@H](C)N)cnc(OCC(C)(C)F)c2cn1. The number of rotatable bonds is 4. The van der Waals surface area contributed by atoms with Crippen LogP contribution >= 0.6 is 0 Å². The van der Waals surface area contributed by atoms with Crippen LogP contribution in [0.4, 0.5) is 4.39 Å². The third-order valence-electron chi connectivity index (χ3n) is 2.95. The Balaban J connectivity index is 2.50. The Hall–Kier alpha value is -1.75. The number of nitrogens with two attached hydrogens (primary N) is 1. The van der Waals surface area contributed by atoms with Gasteiger partial charge in [0.1, 0.15) is 12.3 Å². The highest BCUT2D eigenvalue weighted by Crippen LogP contribution is 2.29. The maximum absolute atomic E-state index is 13.6. The van der Waals surface area contributed by atoms with Gasteiger partial charge in [0.2, 0.25) is 5.88 Å². The van der Waals surface area contributed by atoms with Crippen molar-refractivity contribution in [3.63, 3.8) is 0 Å². The van der Waals surface area contributed by atoms with Crippen LogP contribution < -0.4 is 10.5 Å². The molecule has 0 amide bonds. The van der Waals surface area contributed by atoms with Crippen molar-refractivity contribution in [3.8, 4) is 5.88 Å². The maximum Gasteiger partial charge on any atom is 0.223 e. The Kier molecular flexibility index (Phi) is 3.90. The lowest BCUT2D eigenvalue weighted by atomic mass is 10.0. The Labute approximate surface area is 118 Å². The summed E-state index contributed by atoms with van der Waals surface area (Å²) < 4.78 is 19.0. The number of hydrogen-bond donors (Lipinski definition) is 1. The van der Waals surface area contributed by atoms with E-state index in [4.69, 9.17) is 10.5 Å². The summed E-state index contributed by atoms with van der Waals surface area (Å²) in [4.78, 5) is 8.51. The van der Waals surface area contributed by atoms with E-state index in [0.717, 1.165) is 22.0 Å². The number of ether oxygens (including phenoxy) is 1. The molecular weight excluding hydrogens is 257 g/mol. The van der Waals surface area contributed by atoms with Gasteiger partial charge in [-0.25, -0.2) is 9.37 Å². The van der Waals surface area contributed by atoms with E-state index in [-0.39, 0.29) is 12.6 Å². The van der Waals surface area contributed by atoms with Gasteiger partial charge in [-0.2, -0.15) is 0 Å². The van der Waals surface area contributed by atoms with Gasteiger partial charge >= 0.3 is 0 Å². The highest BCUT2D eigenvalue weighted by Gasteiger charge is 2.19. The molecule has 2 aromatic heterocycles. The molecule has 0 bridgehead atoms. The molecular formula is C15H20FN3O. The van der Waals surface area contributed by atoms with Gasteiger partial charge in [0.05, 0.1) is 5.39 Å². The molecule has 2 rings (SSSR count). The second-order valence-electron chi connectivity index (χ2n) is 5.69. The van der Waals surface area contributed by atoms with Crippen LogP contribution in [0.2, 0.25) is 0 Å². The lowest BCUT2D eigenvalue weighted by Gasteiger charge is -2.17. The van der Waals surface area contributed by atoms with E-state index < -0.39 is 5.67 Å². The van der Waals surface area contributed by atoms with Crippen molar-refractivity contribution in [2.24, 2.45) is 5.73 Å². The standard InChI is InChI=1S/C15H20FN3O/c1-9-5-11-12(10(2)17)6-19-14(13(11)7-18-9)20-8-15(3,4)16/h5-7,10H,8,17H2,1-4H3/t10-/m0/s1. The van der Waals surface area contributed by atoms with E-state index in [1.54, 1.807) is 12.4 Å². The second-order valence-corrected chi connectivity index (χ2v) is 5.69. The molecule has 0 aromatic carbocycles. The number of fused-ring (bicyclic) bond motifs is 1.